The zero-order valence-corrected chi connectivity index (χ0v) is 9.62. The SMILES string of the molecule is CN(C)/N=C/C1=CCC2CC1C2(C)C. The van der Waals surface area contributed by atoms with Crippen molar-refractivity contribution in [1.82, 2.24) is 5.01 Å². The fourth-order valence-corrected chi connectivity index (χ4v) is 2.73. The summed E-state index contributed by atoms with van der Waals surface area (Å²) in [6, 6.07) is 0. The predicted octanol–water partition coefficient (Wildman–Crippen LogP) is 2.53. The summed E-state index contributed by atoms with van der Waals surface area (Å²) < 4.78 is 0. The smallest absolute Gasteiger partial charge is 0.0502 e. The van der Waals surface area contributed by atoms with Crippen molar-refractivity contribution in [3.8, 4) is 0 Å². The average Bonchev–Trinajstić information content (AvgIpc) is 2.14. The molecular weight excluding hydrogens is 172 g/mol. The first kappa shape index (κ1) is 9.75. The van der Waals surface area contributed by atoms with Gasteiger partial charge in [-0.1, -0.05) is 19.9 Å². The molecule has 0 aromatic carbocycles. The largest absolute Gasteiger partial charge is 0.303 e. The molecule has 1 saturated carbocycles. The third kappa shape index (κ3) is 1.37. The van der Waals surface area contributed by atoms with Gasteiger partial charge < -0.3 is 5.01 Å². The highest BCUT2D eigenvalue weighted by atomic mass is 15.4. The minimum Gasteiger partial charge on any atom is -0.303 e. The highest BCUT2D eigenvalue weighted by Gasteiger charge is 2.50. The molecule has 3 rings (SSSR count). The first-order chi connectivity index (χ1) is 6.51. The van der Waals surface area contributed by atoms with Crippen LogP contribution in [0.5, 0.6) is 0 Å². The van der Waals surface area contributed by atoms with Crippen molar-refractivity contribution in [3.05, 3.63) is 11.6 Å². The van der Waals surface area contributed by atoms with Crippen LogP contribution >= 0.6 is 0 Å². The van der Waals surface area contributed by atoms with Crippen molar-refractivity contribution in [2.24, 2.45) is 22.4 Å². The van der Waals surface area contributed by atoms with Crippen LogP contribution in [0.25, 0.3) is 0 Å². The normalized spacial score (nSPS) is 33.9. The van der Waals surface area contributed by atoms with E-state index < -0.39 is 0 Å². The number of hydrogen-bond donors (Lipinski definition) is 0. The minimum absolute atomic E-state index is 0.516. The van der Waals surface area contributed by atoms with Crippen molar-refractivity contribution in [2.75, 3.05) is 14.1 Å². The molecule has 0 amide bonds. The first-order valence-electron chi connectivity index (χ1n) is 5.43. The zero-order chi connectivity index (χ0) is 10.3. The van der Waals surface area contributed by atoms with E-state index in [9.17, 15) is 0 Å². The molecule has 0 radical (unpaired) electrons. The van der Waals surface area contributed by atoms with Crippen molar-refractivity contribution in [2.45, 2.75) is 26.7 Å². The molecule has 0 aliphatic heterocycles. The molecule has 2 nitrogen and oxygen atoms in total. The van der Waals surface area contributed by atoms with E-state index in [1.165, 1.54) is 18.4 Å². The van der Waals surface area contributed by atoms with Crippen LogP contribution in [0.15, 0.2) is 16.8 Å². The summed E-state index contributed by atoms with van der Waals surface area (Å²) in [5.41, 5.74) is 1.97. The quantitative estimate of drug-likeness (QED) is 0.485. The van der Waals surface area contributed by atoms with Crippen LogP contribution in [-0.2, 0) is 0 Å². The van der Waals surface area contributed by atoms with Gasteiger partial charge in [0.2, 0.25) is 0 Å². The summed E-state index contributed by atoms with van der Waals surface area (Å²) in [7, 11) is 3.93. The molecule has 78 valence electrons. The van der Waals surface area contributed by atoms with E-state index in [-0.39, 0.29) is 0 Å². The molecule has 2 unspecified atom stereocenters. The zero-order valence-electron chi connectivity index (χ0n) is 9.62. The van der Waals surface area contributed by atoms with Gasteiger partial charge in [-0.3, -0.25) is 0 Å². The van der Waals surface area contributed by atoms with Crippen LogP contribution in [0.3, 0.4) is 0 Å². The highest BCUT2D eigenvalue weighted by molar-refractivity contribution is 5.80. The molecule has 3 aliphatic carbocycles. The van der Waals surface area contributed by atoms with Crippen molar-refractivity contribution in [1.29, 1.82) is 0 Å². The van der Waals surface area contributed by atoms with Gasteiger partial charge in [0.15, 0.2) is 0 Å². The third-order valence-corrected chi connectivity index (χ3v) is 3.95. The van der Waals surface area contributed by atoms with Gasteiger partial charge in [-0.25, -0.2) is 0 Å². The van der Waals surface area contributed by atoms with Gasteiger partial charge in [0.1, 0.15) is 0 Å². The minimum atomic E-state index is 0.516. The van der Waals surface area contributed by atoms with Crippen molar-refractivity contribution >= 4 is 6.21 Å². The number of hydrazone groups is 1. The summed E-state index contributed by atoms with van der Waals surface area (Å²) in [6.07, 6.45) is 7.04. The summed E-state index contributed by atoms with van der Waals surface area (Å²) >= 11 is 0. The van der Waals surface area contributed by atoms with Gasteiger partial charge in [0.25, 0.3) is 0 Å². The van der Waals surface area contributed by atoms with Gasteiger partial charge >= 0.3 is 0 Å². The van der Waals surface area contributed by atoms with Crippen LogP contribution in [0, 0.1) is 17.3 Å². The van der Waals surface area contributed by atoms with Gasteiger partial charge in [0.05, 0.1) is 6.21 Å². The number of fused-ring (bicyclic) bond motifs is 1. The molecule has 0 heterocycles. The van der Waals surface area contributed by atoms with E-state index in [1.54, 1.807) is 0 Å². The molecule has 2 bridgehead atoms. The molecular formula is C12H20N2. The highest BCUT2D eigenvalue weighted by Crippen LogP contribution is 2.58. The fraction of sp³-hybridized carbons (Fsp3) is 0.750. The Bertz CT molecular complexity index is 287. The topological polar surface area (TPSA) is 15.6 Å². The van der Waals surface area contributed by atoms with Gasteiger partial charge in [-0.2, -0.15) is 5.10 Å². The monoisotopic (exact) mass is 192 g/mol. The Morgan fingerprint density at radius 2 is 2.21 bits per heavy atom. The van der Waals surface area contributed by atoms with E-state index in [1.807, 2.05) is 25.3 Å². The molecule has 0 spiro atoms. The summed E-state index contributed by atoms with van der Waals surface area (Å²) in [6.45, 7) is 4.78. The number of nitrogens with zero attached hydrogens (tertiary/aromatic N) is 2. The Kier molecular flexibility index (Phi) is 2.17. The maximum absolute atomic E-state index is 4.33. The number of hydrogen-bond acceptors (Lipinski definition) is 2. The molecule has 1 fully saturated rings. The van der Waals surface area contributed by atoms with E-state index in [2.05, 4.69) is 25.0 Å². The van der Waals surface area contributed by atoms with E-state index in [0.717, 1.165) is 11.8 Å². The lowest BCUT2D eigenvalue weighted by atomic mass is 9.49. The van der Waals surface area contributed by atoms with Crippen LogP contribution in [0.1, 0.15) is 26.7 Å². The van der Waals surface area contributed by atoms with E-state index >= 15 is 0 Å². The van der Waals surface area contributed by atoms with Crippen LogP contribution < -0.4 is 0 Å². The lowest BCUT2D eigenvalue weighted by Gasteiger charge is -2.55. The van der Waals surface area contributed by atoms with Crippen molar-refractivity contribution in [3.63, 3.8) is 0 Å². The first-order valence-corrected chi connectivity index (χ1v) is 5.43. The summed E-state index contributed by atoms with van der Waals surface area (Å²) in [4.78, 5) is 0. The Hall–Kier alpha value is -0.790. The molecule has 2 atom stereocenters. The maximum atomic E-state index is 4.33. The van der Waals surface area contributed by atoms with Crippen LogP contribution in [0.2, 0.25) is 0 Å². The maximum Gasteiger partial charge on any atom is 0.0502 e. The molecule has 0 N–H and O–H groups in total. The third-order valence-electron chi connectivity index (χ3n) is 3.95. The van der Waals surface area contributed by atoms with E-state index in [0.29, 0.717) is 5.41 Å². The lowest BCUT2D eigenvalue weighted by Crippen LogP contribution is -2.48. The second-order valence-electron chi connectivity index (χ2n) is 5.34. The Labute approximate surface area is 86.7 Å². The Morgan fingerprint density at radius 3 is 2.71 bits per heavy atom. The molecule has 0 saturated heterocycles. The fourth-order valence-electron chi connectivity index (χ4n) is 2.73. The summed E-state index contributed by atoms with van der Waals surface area (Å²) in [5, 5.41) is 6.19. The average molecular weight is 192 g/mol. The van der Waals surface area contributed by atoms with Crippen molar-refractivity contribution < 1.29 is 0 Å². The second kappa shape index (κ2) is 3.11. The molecule has 0 aromatic heterocycles. The Morgan fingerprint density at radius 1 is 1.50 bits per heavy atom. The van der Waals surface area contributed by atoms with Crippen LogP contribution in [0.4, 0.5) is 0 Å². The molecule has 3 aliphatic rings. The number of rotatable bonds is 2. The molecule has 2 heteroatoms. The number of allylic oxidation sites excluding steroid dienone is 2. The molecule has 0 aromatic rings. The van der Waals surface area contributed by atoms with Crippen LogP contribution in [-0.4, -0.2) is 25.3 Å². The summed E-state index contributed by atoms with van der Waals surface area (Å²) in [5.74, 6) is 1.67. The van der Waals surface area contributed by atoms with Gasteiger partial charge in [-0.05, 0) is 35.7 Å². The predicted molar refractivity (Wildman–Crippen MR) is 60.3 cm³/mol. The Balaban J connectivity index is 2.11. The second-order valence-corrected chi connectivity index (χ2v) is 5.34. The molecule has 14 heavy (non-hydrogen) atoms. The van der Waals surface area contributed by atoms with E-state index in [4.69, 9.17) is 0 Å². The standard InChI is InChI=1S/C12H20N2/c1-12(2)10-6-5-9(11(12)7-10)8-13-14(3)4/h5,8,10-11H,6-7H2,1-4H3/b13-8+. The van der Waals surface area contributed by atoms with Gasteiger partial charge in [-0.15, -0.1) is 0 Å². The lowest BCUT2D eigenvalue weighted by molar-refractivity contribution is -0.00132. The van der Waals surface area contributed by atoms with Gasteiger partial charge in [0, 0.05) is 14.1 Å².